The SMILES string of the molecule is CC(C)(C)OC(=O)C=C1CCC2(CC1)CCc1ccccc12. The maximum absolute atomic E-state index is 11.9. The molecule has 0 aromatic heterocycles. The summed E-state index contributed by atoms with van der Waals surface area (Å²) in [5.74, 6) is -0.190. The first-order valence-corrected chi connectivity index (χ1v) is 8.39. The van der Waals surface area contributed by atoms with Crippen LogP contribution in [0.1, 0.15) is 64.0 Å². The first kappa shape index (κ1) is 15.3. The first-order valence-electron chi connectivity index (χ1n) is 8.39. The van der Waals surface area contributed by atoms with Crippen molar-refractivity contribution in [2.45, 2.75) is 70.3 Å². The van der Waals surface area contributed by atoms with Crippen molar-refractivity contribution in [3.63, 3.8) is 0 Å². The fraction of sp³-hybridized carbons (Fsp3) is 0.550. The third kappa shape index (κ3) is 3.11. The molecule has 1 aromatic rings. The summed E-state index contributed by atoms with van der Waals surface area (Å²) in [4.78, 5) is 11.9. The Bertz CT molecular complexity index is 594. The summed E-state index contributed by atoms with van der Waals surface area (Å²) >= 11 is 0. The maximum atomic E-state index is 11.9. The third-order valence-corrected chi connectivity index (χ3v) is 5.04. The van der Waals surface area contributed by atoms with E-state index in [0.29, 0.717) is 5.41 Å². The van der Waals surface area contributed by atoms with E-state index < -0.39 is 5.60 Å². The van der Waals surface area contributed by atoms with Gasteiger partial charge in [-0.2, -0.15) is 0 Å². The van der Waals surface area contributed by atoms with Gasteiger partial charge in [0.25, 0.3) is 0 Å². The maximum Gasteiger partial charge on any atom is 0.331 e. The molecule has 0 saturated heterocycles. The number of hydrogen-bond acceptors (Lipinski definition) is 2. The van der Waals surface area contributed by atoms with E-state index in [0.717, 1.165) is 12.8 Å². The van der Waals surface area contributed by atoms with E-state index in [2.05, 4.69) is 24.3 Å². The Kier molecular flexibility index (Phi) is 3.88. The predicted molar refractivity (Wildman–Crippen MR) is 88.8 cm³/mol. The van der Waals surface area contributed by atoms with Gasteiger partial charge < -0.3 is 4.74 Å². The Balaban J connectivity index is 1.68. The normalized spacial score (nSPS) is 24.2. The lowest BCUT2D eigenvalue weighted by Gasteiger charge is -2.35. The van der Waals surface area contributed by atoms with Gasteiger partial charge in [0.15, 0.2) is 0 Å². The highest BCUT2D eigenvalue weighted by Crippen LogP contribution is 2.49. The molecule has 118 valence electrons. The number of ether oxygens (including phenoxy) is 1. The summed E-state index contributed by atoms with van der Waals surface area (Å²) in [7, 11) is 0. The number of rotatable bonds is 1. The van der Waals surface area contributed by atoms with Crippen molar-refractivity contribution >= 4 is 5.97 Å². The molecule has 0 atom stereocenters. The van der Waals surface area contributed by atoms with Crippen LogP contribution in [0.25, 0.3) is 0 Å². The number of esters is 1. The van der Waals surface area contributed by atoms with Gasteiger partial charge in [-0.05, 0) is 75.8 Å². The Hall–Kier alpha value is -1.57. The second kappa shape index (κ2) is 5.57. The zero-order valence-corrected chi connectivity index (χ0v) is 13.9. The summed E-state index contributed by atoms with van der Waals surface area (Å²) in [5, 5.41) is 0. The summed E-state index contributed by atoms with van der Waals surface area (Å²) in [6, 6.07) is 8.90. The van der Waals surface area contributed by atoms with Crippen LogP contribution in [0.3, 0.4) is 0 Å². The standard InChI is InChI=1S/C20H26O2/c1-19(2,3)22-18(21)14-15-8-11-20(12-9-15)13-10-16-6-4-5-7-17(16)20/h4-7,14H,8-13H2,1-3H3. The molecule has 1 spiro atoms. The lowest BCUT2D eigenvalue weighted by Crippen LogP contribution is -2.27. The Morgan fingerprint density at radius 1 is 1.09 bits per heavy atom. The van der Waals surface area contributed by atoms with Crippen LogP contribution >= 0.6 is 0 Å². The number of benzene rings is 1. The molecule has 22 heavy (non-hydrogen) atoms. The fourth-order valence-corrected chi connectivity index (χ4v) is 3.98. The van der Waals surface area contributed by atoms with Crippen LogP contribution in [0, 0.1) is 0 Å². The number of allylic oxidation sites excluding steroid dienone is 1. The quantitative estimate of drug-likeness (QED) is 0.554. The van der Waals surface area contributed by atoms with E-state index in [4.69, 9.17) is 4.74 Å². The monoisotopic (exact) mass is 298 g/mol. The van der Waals surface area contributed by atoms with Gasteiger partial charge in [-0.15, -0.1) is 0 Å². The van der Waals surface area contributed by atoms with Crippen molar-refractivity contribution in [3.05, 3.63) is 47.0 Å². The molecule has 0 heterocycles. The molecule has 1 saturated carbocycles. The van der Waals surface area contributed by atoms with Crippen molar-refractivity contribution in [1.29, 1.82) is 0 Å². The Morgan fingerprint density at radius 3 is 2.41 bits per heavy atom. The lowest BCUT2D eigenvalue weighted by molar-refractivity contribution is -0.148. The van der Waals surface area contributed by atoms with Crippen LogP contribution in [0.5, 0.6) is 0 Å². The molecular weight excluding hydrogens is 272 g/mol. The van der Waals surface area contributed by atoms with Crippen LogP contribution in [0.4, 0.5) is 0 Å². The second-order valence-electron chi connectivity index (χ2n) is 7.77. The van der Waals surface area contributed by atoms with E-state index in [1.165, 1.54) is 36.8 Å². The molecule has 3 rings (SSSR count). The van der Waals surface area contributed by atoms with Crippen LogP contribution in [0.2, 0.25) is 0 Å². The molecule has 0 aliphatic heterocycles. The number of aryl methyl sites for hydroxylation is 1. The smallest absolute Gasteiger partial charge is 0.331 e. The molecule has 1 aromatic carbocycles. The van der Waals surface area contributed by atoms with E-state index >= 15 is 0 Å². The van der Waals surface area contributed by atoms with Crippen molar-refractivity contribution in [2.24, 2.45) is 0 Å². The average molecular weight is 298 g/mol. The molecule has 2 aliphatic carbocycles. The van der Waals surface area contributed by atoms with E-state index in [-0.39, 0.29) is 5.97 Å². The fourth-order valence-electron chi connectivity index (χ4n) is 3.98. The van der Waals surface area contributed by atoms with Crippen molar-refractivity contribution in [1.82, 2.24) is 0 Å². The van der Waals surface area contributed by atoms with Crippen LogP contribution in [-0.4, -0.2) is 11.6 Å². The van der Waals surface area contributed by atoms with Gasteiger partial charge in [-0.3, -0.25) is 0 Å². The summed E-state index contributed by atoms with van der Waals surface area (Å²) in [6.45, 7) is 5.73. The molecule has 1 fully saturated rings. The zero-order valence-electron chi connectivity index (χ0n) is 13.9. The van der Waals surface area contributed by atoms with Gasteiger partial charge in [0, 0.05) is 6.08 Å². The minimum absolute atomic E-state index is 0.190. The van der Waals surface area contributed by atoms with Gasteiger partial charge >= 0.3 is 5.97 Å². The lowest BCUT2D eigenvalue weighted by atomic mass is 9.69. The van der Waals surface area contributed by atoms with E-state index in [1.54, 1.807) is 11.6 Å². The van der Waals surface area contributed by atoms with Crippen LogP contribution in [0.15, 0.2) is 35.9 Å². The van der Waals surface area contributed by atoms with E-state index in [1.807, 2.05) is 20.8 Å². The van der Waals surface area contributed by atoms with Gasteiger partial charge in [-0.1, -0.05) is 29.8 Å². The molecule has 0 N–H and O–H groups in total. The Labute approximate surface area is 133 Å². The largest absolute Gasteiger partial charge is 0.457 e. The molecule has 2 aliphatic rings. The van der Waals surface area contributed by atoms with Gasteiger partial charge in [0.2, 0.25) is 0 Å². The van der Waals surface area contributed by atoms with Gasteiger partial charge in [0.1, 0.15) is 5.60 Å². The van der Waals surface area contributed by atoms with Gasteiger partial charge in [-0.25, -0.2) is 4.79 Å². The van der Waals surface area contributed by atoms with Crippen molar-refractivity contribution in [2.75, 3.05) is 0 Å². The third-order valence-electron chi connectivity index (χ3n) is 5.04. The minimum Gasteiger partial charge on any atom is -0.457 e. The molecule has 0 unspecified atom stereocenters. The summed E-state index contributed by atoms with van der Waals surface area (Å²) in [5.41, 5.74) is 4.30. The molecule has 0 amide bonds. The topological polar surface area (TPSA) is 26.3 Å². The number of carbonyl (C=O) groups is 1. The van der Waals surface area contributed by atoms with Crippen LogP contribution < -0.4 is 0 Å². The zero-order chi connectivity index (χ0) is 15.8. The first-order chi connectivity index (χ1) is 10.4. The average Bonchev–Trinajstić information content (AvgIpc) is 2.79. The summed E-state index contributed by atoms with van der Waals surface area (Å²) < 4.78 is 5.40. The second-order valence-corrected chi connectivity index (χ2v) is 7.77. The summed E-state index contributed by atoms with van der Waals surface area (Å²) in [6.07, 6.45) is 8.59. The molecule has 2 nitrogen and oxygen atoms in total. The Morgan fingerprint density at radius 2 is 1.73 bits per heavy atom. The highest BCUT2D eigenvalue weighted by Gasteiger charge is 2.40. The predicted octanol–water partition coefficient (Wildman–Crippen LogP) is 4.71. The molecule has 0 bridgehead atoms. The molecule has 2 heteroatoms. The molecule has 0 radical (unpaired) electrons. The number of carbonyl (C=O) groups excluding carboxylic acids is 1. The minimum atomic E-state index is -0.408. The van der Waals surface area contributed by atoms with E-state index in [9.17, 15) is 4.79 Å². The van der Waals surface area contributed by atoms with Crippen molar-refractivity contribution in [3.8, 4) is 0 Å². The number of hydrogen-bond donors (Lipinski definition) is 0. The van der Waals surface area contributed by atoms with Gasteiger partial charge in [0.05, 0.1) is 0 Å². The highest BCUT2D eigenvalue weighted by molar-refractivity contribution is 5.83. The van der Waals surface area contributed by atoms with Crippen LogP contribution in [-0.2, 0) is 21.4 Å². The van der Waals surface area contributed by atoms with Crippen molar-refractivity contribution < 1.29 is 9.53 Å². The highest BCUT2D eigenvalue weighted by atomic mass is 16.6. The number of fused-ring (bicyclic) bond motifs is 2. The molecular formula is C20H26O2.